The number of ether oxygens (including phenoxy) is 1. The van der Waals surface area contributed by atoms with Gasteiger partial charge in [-0.2, -0.15) is 0 Å². The van der Waals surface area contributed by atoms with Crippen LogP contribution in [0.3, 0.4) is 0 Å². The molecule has 0 aromatic carbocycles. The highest BCUT2D eigenvalue weighted by Gasteiger charge is 2.33. The number of nitrogens with one attached hydrogen (secondary N) is 1. The van der Waals surface area contributed by atoms with Gasteiger partial charge in [0.25, 0.3) is 0 Å². The minimum Gasteiger partial charge on any atom is -0.479 e. The third-order valence-electron chi connectivity index (χ3n) is 3.02. The van der Waals surface area contributed by atoms with Gasteiger partial charge in [0, 0.05) is 6.20 Å². The first kappa shape index (κ1) is 17.4. The minimum absolute atomic E-state index is 0.356. The van der Waals surface area contributed by atoms with E-state index in [0.29, 0.717) is 18.7 Å². The number of carboxylic acid groups (broad SMARTS) is 1. The topological polar surface area (TPSA) is 88.5 Å². The first-order valence-corrected chi connectivity index (χ1v) is 6.99. The van der Waals surface area contributed by atoms with Crippen molar-refractivity contribution in [1.82, 2.24) is 10.3 Å². The molecule has 1 aromatic rings. The predicted molar refractivity (Wildman–Crippen MR) is 82.3 cm³/mol. The van der Waals surface area contributed by atoms with Crippen molar-refractivity contribution >= 4 is 11.9 Å². The van der Waals surface area contributed by atoms with Crippen molar-refractivity contribution < 1.29 is 19.4 Å². The van der Waals surface area contributed by atoms with Gasteiger partial charge in [-0.3, -0.25) is 0 Å². The van der Waals surface area contributed by atoms with Crippen LogP contribution in [-0.2, 0) is 9.53 Å². The highest BCUT2D eigenvalue weighted by Crippen LogP contribution is 2.15. The fraction of sp³-hybridized carbons (Fsp3) is 0.312. The molecule has 6 nitrogen and oxygen atoms in total. The molecule has 2 rings (SSSR count). The van der Waals surface area contributed by atoms with E-state index in [9.17, 15) is 9.59 Å². The summed E-state index contributed by atoms with van der Waals surface area (Å²) >= 11 is 0. The molecule has 1 unspecified atom stereocenters. The number of carbonyl (C=O) groups excluding carboxylic acids is 1. The third kappa shape index (κ3) is 4.73. The fourth-order valence-electron chi connectivity index (χ4n) is 1.71. The zero-order valence-corrected chi connectivity index (χ0v) is 12.7. The molecular weight excluding hydrogens is 284 g/mol. The number of allylic oxidation sites excluding steroid dienone is 2. The summed E-state index contributed by atoms with van der Waals surface area (Å²) in [6.45, 7) is 3.99. The Labute approximate surface area is 129 Å². The van der Waals surface area contributed by atoms with Gasteiger partial charge in [-0.25, -0.2) is 14.6 Å². The summed E-state index contributed by atoms with van der Waals surface area (Å²) in [4.78, 5) is 25.5. The number of aromatic nitrogens is 1. The van der Waals surface area contributed by atoms with Gasteiger partial charge in [-0.05, 0) is 43.8 Å². The zero-order valence-electron chi connectivity index (χ0n) is 12.7. The first-order chi connectivity index (χ1) is 10.6. The maximum atomic E-state index is 11.0. The molecule has 22 heavy (non-hydrogen) atoms. The molecule has 0 amide bonds. The molecule has 1 aliphatic rings. The van der Waals surface area contributed by atoms with Crippen LogP contribution in [0.25, 0.3) is 0 Å². The number of dihydropyridines is 1. The Bertz CT molecular complexity index is 555. The van der Waals surface area contributed by atoms with E-state index in [0.717, 1.165) is 0 Å². The van der Waals surface area contributed by atoms with Crippen LogP contribution in [0.15, 0.2) is 48.8 Å². The van der Waals surface area contributed by atoms with Gasteiger partial charge < -0.3 is 15.2 Å². The molecule has 0 spiro atoms. The average molecular weight is 304 g/mol. The van der Waals surface area contributed by atoms with Crippen molar-refractivity contribution in [1.29, 1.82) is 0 Å². The molecule has 0 saturated carbocycles. The number of carbonyl (C=O) groups is 2. The Balaban J connectivity index is 0.000000220. The van der Waals surface area contributed by atoms with E-state index < -0.39 is 11.5 Å². The number of esters is 1. The van der Waals surface area contributed by atoms with Crippen LogP contribution >= 0.6 is 0 Å². The smallest absolute Gasteiger partial charge is 0.356 e. The van der Waals surface area contributed by atoms with Crippen LogP contribution in [0, 0.1) is 0 Å². The lowest BCUT2D eigenvalue weighted by molar-refractivity contribution is -0.142. The molecule has 118 valence electrons. The first-order valence-electron chi connectivity index (χ1n) is 6.99. The van der Waals surface area contributed by atoms with Crippen LogP contribution in [0.1, 0.15) is 30.8 Å². The Morgan fingerprint density at radius 1 is 1.32 bits per heavy atom. The predicted octanol–water partition coefficient (Wildman–Crippen LogP) is 2.15. The van der Waals surface area contributed by atoms with E-state index in [2.05, 4.69) is 10.3 Å². The second-order valence-corrected chi connectivity index (χ2v) is 4.43. The highest BCUT2D eigenvalue weighted by molar-refractivity contribution is 5.87. The molecule has 0 fully saturated rings. The van der Waals surface area contributed by atoms with Gasteiger partial charge in [-0.15, -0.1) is 0 Å². The van der Waals surface area contributed by atoms with E-state index in [4.69, 9.17) is 9.84 Å². The quantitative estimate of drug-likeness (QED) is 0.829. The molecule has 6 heteroatoms. The number of aliphatic carboxylic acids is 1. The van der Waals surface area contributed by atoms with Crippen molar-refractivity contribution in [2.45, 2.75) is 25.8 Å². The lowest BCUT2D eigenvalue weighted by Gasteiger charge is -2.26. The zero-order chi connectivity index (χ0) is 16.4. The van der Waals surface area contributed by atoms with Crippen molar-refractivity contribution in [3.8, 4) is 0 Å². The Morgan fingerprint density at radius 3 is 2.50 bits per heavy atom. The maximum Gasteiger partial charge on any atom is 0.356 e. The van der Waals surface area contributed by atoms with Crippen molar-refractivity contribution in [2.75, 3.05) is 6.61 Å². The summed E-state index contributed by atoms with van der Waals surface area (Å²) in [7, 11) is 0. The van der Waals surface area contributed by atoms with Crippen LogP contribution in [0.4, 0.5) is 0 Å². The Morgan fingerprint density at radius 2 is 2.09 bits per heavy atom. The molecular formula is C16H20N2O4. The van der Waals surface area contributed by atoms with Gasteiger partial charge in [0.1, 0.15) is 5.69 Å². The number of pyridine rings is 1. The van der Waals surface area contributed by atoms with Gasteiger partial charge in [0.2, 0.25) is 0 Å². The lowest BCUT2D eigenvalue weighted by atomic mass is 9.94. The average Bonchev–Trinajstić information content (AvgIpc) is 2.57. The number of hydrogen-bond acceptors (Lipinski definition) is 5. The van der Waals surface area contributed by atoms with E-state index in [1.165, 1.54) is 0 Å². The fourth-order valence-corrected chi connectivity index (χ4v) is 1.71. The normalized spacial score (nSPS) is 18.6. The molecule has 0 aliphatic carbocycles. The minimum atomic E-state index is -0.880. The molecule has 1 aliphatic heterocycles. The molecule has 0 saturated heterocycles. The summed E-state index contributed by atoms with van der Waals surface area (Å²) in [5.74, 6) is -1.20. The van der Waals surface area contributed by atoms with Gasteiger partial charge in [-0.1, -0.05) is 19.1 Å². The molecule has 1 aromatic heterocycles. The van der Waals surface area contributed by atoms with Crippen LogP contribution in [0.5, 0.6) is 0 Å². The van der Waals surface area contributed by atoms with Crippen molar-refractivity contribution in [2.24, 2.45) is 0 Å². The lowest BCUT2D eigenvalue weighted by Crippen LogP contribution is -2.48. The number of hydrogen-bond donors (Lipinski definition) is 2. The van der Waals surface area contributed by atoms with E-state index in [-0.39, 0.29) is 5.97 Å². The second-order valence-electron chi connectivity index (χ2n) is 4.43. The standard InChI is InChI=1S/C8H11NO2.C8H9NO2/c1-2-8(7(10)11)5-3-4-6-9-8;1-2-11-8(10)7-5-3-4-6-9-7/h3-6,9H,2H2,1H3,(H,10,11);3-6H,2H2,1H3. The molecule has 0 radical (unpaired) electrons. The van der Waals surface area contributed by atoms with Gasteiger partial charge >= 0.3 is 11.9 Å². The number of rotatable bonds is 4. The van der Waals surface area contributed by atoms with Crippen LogP contribution in [-0.4, -0.2) is 34.2 Å². The summed E-state index contributed by atoms with van der Waals surface area (Å²) in [6, 6.07) is 5.12. The molecule has 0 bridgehead atoms. The monoisotopic (exact) mass is 304 g/mol. The Hall–Kier alpha value is -2.63. The van der Waals surface area contributed by atoms with Gasteiger partial charge in [0.15, 0.2) is 5.54 Å². The van der Waals surface area contributed by atoms with E-state index in [1.807, 2.05) is 6.92 Å². The number of nitrogens with zero attached hydrogens (tertiary/aromatic N) is 1. The maximum absolute atomic E-state index is 11.0. The van der Waals surface area contributed by atoms with Gasteiger partial charge in [0.05, 0.1) is 6.61 Å². The second kappa shape index (κ2) is 8.61. The third-order valence-corrected chi connectivity index (χ3v) is 3.02. The summed E-state index contributed by atoms with van der Waals surface area (Å²) < 4.78 is 4.73. The SMILES string of the molecule is CCC1(C(=O)O)C=CC=CN1.CCOC(=O)c1ccccn1. The molecule has 2 heterocycles. The Kier molecular flexibility index (Phi) is 6.82. The number of carboxylic acids is 1. The highest BCUT2D eigenvalue weighted by atomic mass is 16.5. The summed E-state index contributed by atoms with van der Waals surface area (Å²) in [5, 5.41) is 11.7. The van der Waals surface area contributed by atoms with Crippen LogP contribution < -0.4 is 5.32 Å². The largest absolute Gasteiger partial charge is 0.479 e. The summed E-state index contributed by atoms with van der Waals surface area (Å²) in [6.07, 6.45) is 8.94. The van der Waals surface area contributed by atoms with E-state index in [1.54, 1.807) is 55.7 Å². The van der Waals surface area contributed by atoms with Crippen molar-refractivity contribution in [3.63, 3.8) is 0 Å². The molecule has 1 atom stereocenters. The summed E-state index contributed by atoms with van der Waals surface area (Å²) in [5.41, 5.74) is -0.524. The van der Waals surface area contributed by atoms with Crippen LogP contribution in [0.2, 0.25) is 0 Å². The van der Waals surface area contributed by atoms with Crippen molar-refractivity contribution in [3.05, 3.63) is 54.5 Å². The molecule has 2 N–H and O–H groups in total. The van der Waals surface area contributed by atoms with E-state index >= 15 is 0 Å².